The Hall–Kier alpha value is -1.67. The number of aliphatic hydroxyl groups excluding tert-OH is 1. The topological polar surface area (TPSA) is 135 Å². The third kappa shape index (κ3) is 3.68. The lowest BCUT2D eigenvalue weighted by Crippen LogP contribution is -2.55. The molecule has 17 heavy (non-hydrogen) atoms. The third-order valence-corrected chi connectivity index (χ3v) is 2.41. The molecule has 0 spiro atoms. The Labute approximate surface area is 97.1 Å². The first-order chi connectivity index (χ1) is 7.73. The van der Waals surface area contributed by atoms with Crippen LogP contribution in [0.1, 0.15) is 13.3 Å². The number of hydrogen-bond donors (Lipinski definition) is 4. The van der Waals surface area contributed by atoms with E-state index in [-0.39, 0.29) is 6.42 Å². The molecule has 0 amide bonds. The second-order valence-electron chi connectivity index (χ2n) is 3.49. The number of carboxylic acids is 3. The molecule has 0 rings (SSSR count). The fraction of sp³-hybridized carbons (Fsp3) is 0.667. The molecule has 0 aliphatic carbocycles. The van der Waals surface area contributed by atoms with Gasteiger partial charge in [-0.25, -0.2) is 4.79 Å². The molecule has 0 saturated carbocycles. The van der Waals surface area contributed by atoms with Gasteiger partial charge in [0.05, 0.1) is 0 Å². The summed E-state index contributed by atoms with van der Waals surface area (Å²) in [6, 6.07) is -2.99. The highest BCUT2D eigenvalue weighted by Crippen LogP contribution is 2.11. The van der Waals surface area contributed by atoms with E-state index in [9.17, 15) is 19.5 Å². The van der Waals surface area contributed by atoms with Crippen LogP contribution in [0.5, 0.6) is 0 Å². The number of aliphatic hydroxyl groups is 1. The number of aliphatic carboxylic acids is 3. The second-order valence-corrected chi connectivity index (χ2v) is 3.49. The van der Waals surface area contributed by atoms with Crippen molar-refractivity contribution < 1.29 is 34.8 Å². The fourth-order valence-corrected chi connectivity index (χ4v) is 1.50. The molecule has 8 nitrogen and oxygen atoms in total. The molecule has 0 aromatic rings. The van der Waals surface area contributed by atoms with Crippen LogP contribution in [0.25, 0.3) is 0 Å². The summed E-state index contributed by atoms with van der Waals surface area (Å²) < 4.78 is 0. The number of nitrogens with zero attached hydrogens (tertiary/aromatic N) is 1. The Kier molecular flexibility index (Phi) is 5.56. The molecule has 0 aliphatic heterocycles. The van der Waals surface area contributed by atoms with Crippen molar-refractivity contribution >= 4 is 17.9 Å². The first-order valence-electron chi connectivity index (χ1n) is 4.82. The van der Waals surface area contributed by atoms with Gasteiger partial charge < -0.3 is 20.4 Å². The van der Waals surface area contributed by atoms with E-state index in [1.165, 1.54) is 6.92 Å². The predicted molar refractivity (Wildman–Crippen MR) is 54.5 cm³/mol. The molecule has 0 heterocycles. The SMILES string of the molecule is CCC(C(=O)O)N(C)C(C(=O)O)C(O)C(=O)O. The van der Waals surface area contributed by atoms with Crippen molar-refractivity contribution in [2.75, 3.05) is 7.05 Å². The standard InChI is InChI=1S/C9H15NO7/c1-3-4(7(12)13)10(2)5(8(14)15)6(11)9(16)17/h4-6,11H,3H2,1-2H3,(H,12,13)(H,14,15)(H,16,17). The third-order valence-electron chi connectivity index (χ3n) is 2.41. The summed E-state index contributed by atoms with van der Waals surface area (Å²) in [7, 11) is 1.15. The van der Waals surface area contributed by atoms with Gasteiger partial charge in [0.15, 0.2) is 6.10 Å². The van der Waals surface area contributed by atoms with Gasteiger partial charge in [-0.2, -0.15) is 0 Å². The molecule has 3 unspecified atom stereocenters. The molecule has 0 bridgehead atoms. The average molecular weight is 249 g/mol. The zero-order valence-corrected chi connectivity index (χ0v) is 9.40. The Balaban J connectivity index is 5.12. The molecule has 8 heteroatoms. The summed E-state index contributed by atoms with van der Waals surface area (Å²) in [6.07, 6.45) is -2.10. The molecule has 0 saturated heterocycles. The van der Waals surface area contributed by atoms with Crippen LogP contribution >= 0.6 is 0 Å². The maximum Gasteiger partial charge on any atom is 0.334 e. The van der Waals surface area contributed by atoms with Crippen LogP contribution in [-0.2, 0) is 14.4 Å². The quantitative estimate of drug-likeness (QED) is 0.436. The van der Waals surface area contributed by atoms with Crippen molar-refractivity contribution in [1.82, 2.24) is 4.90 Å². The van der Waals surface area contributed by atoms with Gasteiger partial charge in [-0.05, 0) is 13.5 Å². The van der Waals surface area contributed by atoms with Crippen LogP contribution < -0.4 is 0 Å². The van der Waals surface area contributed by atoms with Crippen LogP contribution in [0, 0.1) is 0 Å². The van der Waals surface area contributed by atoms with Crippen molar-refractivity contribution in [1.29, 1.82) is 0 Å². The van der Waals surface area contributed by atoms with Crippen LogP contribution in [0.3, 0.4) is 0 Å². The van der Waals surface area contributed by atoms with Gasteiger partial charge in [-0.15, -0.1) is 0 Å². The number of hydrogen-bond acceptors (Lipinski definition) is 5. The molecular formula is C9H15NO7. The molecule has 0 radical (unpaired) electrons. The summed E-state index contributed by atoms with van der Waals surface area (Å²) >= 11 is 0. The van der Waals surface area contributed by atoms with E-state index in [1.54, 1.807) is 0 Å². The summed E-state index contributed by atoms with van der Waals surface area (Å²) in [4.78, 5) is 33.1. The van der Waals surface area contributed by atoms with E-state index in [4.69, 9.17) is 15.3 Å². The summed E-state index contributed by atoms with van der Waals surface area (Å²) in [5.41, 5.74) is 0. The van der Waals surface area contributed by atoms with Gasteiger partial charge in [0.2, 0.25) is 0 Å². The number of rotatable bonds is 7. The summed E-state index contributed by atoms with van der Waals surface area (Å²) in [5.74, 6) is -4.59. The summed E-state index contributed by atoms with van der Waals surface area (Å²) in [6.45, 7) is 1.52. The molecule has 0 aromatic carbocycles. The number of likely N-dealkylation sites (N-methyl/N-ethyl adjacent to an activating group) is 1. The van der Waals surface area contributed by atoms with Crippen molar-refractivity contribution in [3.05, 3.63) is 0 Å². The molecule has 0 aliphatic rings. The Bertz CT molecular complexity index is 316. The van der Waals surface area contributed by atoms with Gasteiger partial charge in [0, 0.05) is 0 Å². The van der Waals surface area contributed by atoms with Crippen LogP contribution in [-0.4, -0.2) is 68.5 Å². The van der Waals surface area contributed by atoms with Crippen molar-refractivity contribution in [3.8, 4) is 0 Å². The molecule has 4 N–H and O–H groups in total. The highest BCUT2D eigenvalue weighted by molar-refractivity contribution is 5.85. The smallest absolute Gasteiger partial charge is 0.334 e. The van der Waals surface area contributed by atoms with E-state index >= 15 is 0 Å². The zero-order chi connectivity index (χ0) is 13.7. The average Bonchev–Trinajstić information content (AvgIpc) is 2.17. The van der Waals surface area contributed by atoms with Crippen molar-refractivity contribution in [2.24, 2.45) is 0 Å². The molecule has 98 valence electrons. The minimum absolute atomic E-state index is 0.0853. The molecule has 0 aromatic heterocycles. The van der Waals surface area contributed by atoms with E-state index in [0.717, 1.165) is 11.9 Å². The lowest BCUT2D eigenvalue weighted by molar-refractivity contribution is -0.164. The van der Waals surface area contributed by atoms with E-state index < -0.39 is 36.1 Å². The maximum absolute atomic E-state index is 10.9. The lowest BCUT2D eigenvalue weighted by Gasteiger charge is -2.30. The predicted octanol–water partition coefficient (Wildman–Crippen LogP) is -1.32. The fourth-order valence-electron chi connectivity index (χ4n) is 1.50. The van der Waals surface area contributed by atoms with Gasteiger partial charge >= 0.3 is 17.9 Å². The van der Waals surface area contributed by atoms with E-state index in [0.29, 0.717) is 0 Å². The van der Waals surface area contributed by atoms with Crippen LogP contribution in [0.4, 0.5) is 0 Å². The second kappa shape index (κ2) is 6.16. The van der Waals surface area contributed by atoms with E-state index in [2.05, 4.69) is 0 Å². The normalized spacial score (nSPS) is 16.2. The van der Waals surface area contributed by atoms with Crippen molar-refractivity contribution in [2.45, 2.75) is 31.5 Å². The zero-order valence-electron chi connectivity index (χ0n) is 9.40. The van der Waals surface area contributed by atoms with Gasteiger partial charge in [0.1, 0.15) is 12.1 Å². The highest BCUT2D eigenvalue weighted by atomic mass is 16.4. The van der Waals surface area contributed by atoms with Crippen LogP contribution in [0.15, 0.2) is 0 Å². The Morgan fingerprint density at radius 1 is 1.06 bits per heavy atom. The molecule has 3 atom stereocenters. The monoisotopic (exact) mass is 249 g/mol. The van der Waals surface area contributed by atoms with Gasteiger partial charge in [-0.3, -0.25) is 14.5 Å². The minimum atomic E-state index is -2.19. The largest absolute Gasteiger partial charge is 0.480 e. The van der Waals surface area contributed by atoms with Crippen LogP contribution in [0.2, 0.25) is 0 Å². The highest BCUT2D eigenvalue weighted by Gasteiger charge is 2.39. The lowest BCUT2D eigenvalue weighted by atomic mass is 10.1. The van der Waals surface area contributed by atoms with E-state index in [1.807, 2.05) is 0 Å². The maximum atomic E-state index is 10.9. The van der Waals surface area contributed by atoms with Gasteiger partial charge in [0.25, 0.3) is 0 Å². The van der Waals surface area contributed by atoms with Crippen molar-refractivity contribution in [3.63, 3.8) is 0 Å². The Morgan fingerprint density at radius 2 is 1.53 bits per heavy atom. The number of carboxylic acid groups (broad SMARTS) is 3. The number of carbonyl (C=O) groups is 3. The molecular weight excluding hydrogens is 234 g/mol. The first kappa shape index (κ1) is 15.3. The summed E-state index contributed by atoms with van der Waals surface area (Å²) in [5, 5.41) is 35.5. The Morgan fingerprint density at radius 3 is 1.76 bits per heavy atom. The minimum Gasteiger partial charge on any atom is -0.480 e. The molecule has 0 fully saturated rings. The first-order valence-corrected chi connectivity index (χ1v) is 4.82. The van der Waals surface area contributed by atoms with Gasteiger partial charge in [-0.1, -0.05) is 6.92 Å².